The third-order valence-corrected chi connectivity index (χ3v) is 16.5. The Kier molecular flexibility index (Phi) is 26.2. The average Bonchev–Trinajstić information content (AvgIpc) is 2.09. The first-order valence-corrected chi connectivity index (χ1v) is 29.8. The number of esters is 10. The minimum absolute atomic E-state index is 0.0471. The van der Waals surface area contributed by atoms with Crippen LogP contribution in [0.15, 0.2) is 99.5 Å². The van der Waals surface area contributed by atoms with E-state index in [9.17, 15) is 58.5 Å². The van der Waals surface area contributed by atoms with Crippen molar-refractivity contribution in [2.24, 2.45) is 23.7 Å². The number of nitriles is 2. The largest absolute Gasteiger partial charge is 0.465 e. The fourth-order valence-corrected chi connectivity index (χ4v) is 11.7. The second-order valence-corrected chi connectivity index (χ2v) is 22.8. The SMILES string of the molecule is C=CC(=O)OCC(C)OC(=O)CCC(=O)OCCc1ccc(OC(=O)[C@H]2CC[C@H](C(=O)Oc3cc(C)c(OC(=O)[C@H]4CC[C@H](C(=O)Oc5ccc(CCOC(=O)CCC(=O)OC(C)COC(=O)C=C)cc5)CC4)c4c3SC(=C(C#N)C#N)S4)CC2)cc1. The van der Waals surface area contributed by atoms with Crippen LogP contribution in [0.4, 0.5) is 0 Å². The smallest absolute Gasteiger partial charge is 0.330 e. The first-order valence-electron chi connectivity index (χ1n) is 28.2. The molecule has 87 heavy (non-hydrogen) atoms. The minimum Gasteiger partial charge on any atom is -0.465 e. The Bertz CT molecular complexity index is 3170. The Balaban J connectivity index is 0.917. The van der Waals surface area contributed by atoms with Gasteiger partial charge in [-0.3, -0.25) is 38.4 Å². The van der Waals surface area contributed by atoms with Crippen LogP contribution in [0.1, 0.15) is 108 Å². The van der Waals surface area contributed by atoms with Gasteiger partial charge >= 0.3 is 59.7 Å². The van der Waals surface area contributed by atoms with Gasteiger partial charge in [-0.1, -0.05) is 60.9 Å². The molecular formula is C63H66N2O20S2. The average molecular weight is 1240 g/mol. The van der Waals surface area contributed by atoms with Gasteiger partial charge in [0.05, 0.1) is 76.6 Å². The first kappa shape index (κ1) is 67.4. The van der Waals surface area contributed by atoms with Crippen LogP contribution in [0.3, 0.4) is 0 Å². The lowest BCUT2D eigenvalue weighted by Crippen LogP contribution is -2.31. The quantitative estimate of drug-likeness (QED) is 0.0215. The summed E-state index contributed by atoms with van der Waals surface area (Å²) in [6.07, 6.45) is 3.27. The fraction of sp³-hybridized carbons (Fsp3) is 0.429. The number of allylic oxidation sites excluding steroid dienone is 1. The highest BCUT2D eigenvalue weighted by molar-refractivity contribution is 8.24. The molecule has 0 bridgehead atoms. The molecule has 1 heterocycles. The summed E-state index contributed by atoms with van der Waals surface area (Å²) in [7, 11) is 0. The molecule has 0 spiro atoms. The van der Waals surface area contributed by atoms with Crippen LogP contribution in [0, 0.1) is 53.3 Å². The molecule has 2 aliphatic carbocycles. The number of fused-ring (bicyclic) bond motifs is 1. The minimum atomic E-state index is -0.700. The van der Waals surface area contributed by atoms with E-state index in [1.165, 1.54) is 0 Å². The fourth-order valence-electron chi connectivity index (χ4n) is 9.16. The summed E-state index contributed by atoms with van der Waals surface area (Å²) < 4.78 is 54.1. The molecule has 2 unspecified atom stereocenters. The second kappa shape index (κ2) is 33.8. The molecule has 2 atom stereocenters. The van der Waals surface area contributed by atoms with E-state index < -0.39 is 95.6 Å². The summed E-state index contributed by atoms with van der Waals surface area (Å²) in [5.41, 5.74) is 1.89. The molecule has 3 aromatic carbocycles. The zero-order valence-electron chi connectivity index (χ0n) is 48.3. The van der Waals surface area contributed by atoms with Crippen molar-refractivity contribution in [2.75, 3.05) is 26.4 Å². The van der Waals surface area contributed by atoms with Crippen molar-refractivity contribution in [3.05, 3.63) is 106 Å². The molecular weight excluding hydrogens is 1170 g/mol. The molecule has 6 rings (SSSR count). The van der Waals surface area contributed by atoms with Gasteiger partial charge in [-0.05, 0) is 119 Å². The van der Waals surface area contributed by atoms with E-state index in [1.54, 1.807) is 75.4 Å². The lowest BCUT2D eigenvalue weighted by Gasteiger charge is -2.27. The van der Waals surface area contributed by atoms with Crippen LogP contribution in [0.5, 0.6) is 23.0 Å². The van der Waals surface area contributed by atoms with Gasteiger partial charge in [0.1, 0.15) is 66.1 Å². The Morgan fingerprint density at radius 3 is 1.29 bits per heavy atom. The maximum absolute atomic E-state index is 13.8. The molecule has 1 aliphatic heterocycles. The van der Waals surface area contributed by atoms with E-state index in [1.807, 2.05) is 12.1 Å². The first-order chi connectivity index (χ1) is 41.7. The standard InChI is InChI=1S/C63H66N2O20S2/c1-6-50(66)78-35-38(4)80-54(70)26-24-52(68)76-30-28-40-8-20-47(21-9-40)82-59(72)42-12-16-44(17-13-42)61(74)84-49-32-37(3)56(58-57(49)86-63(87-58)46(33-64)34-65)85-62(75)45-18-14-43(15-19-45)60(73)83-48-22-10-41(11-23-48)29-31-77-53(69)25-27-55(71)81-39(5)36-79-51(67)7-2/h6-11,20-23,32,38-39,42-45H,1-2,12-19,24-31,35-36H2,3-5H3/t38?,39?,42-,43-,44-,45-. The highest BCUT2D eigenvalue weighted by Crippen LogP contribution is 2.60. The van der Waals surface area contributed by atoms with Gasteiger partial charge in [-0.15, -0.1) is 0 Å². The van der Waals surface area contributed by atoms with E-state index in [4.69, 9.17) is 47.4 Å². The summed E-state index contributed by atoms with van der Waals surface area (Å²) in [5, 5.41) is 19.5. The molecule has 3 aromatic rings. The summed E-state index contributed by atoms with van der Waals surface area (Å²) >= 11 is 2.12. The monoisotopic (exact) mass is 1230 g/mol. The molecule has 3 aliphatic rings. The highest BCUT2D eigenvalue weighted by atomic mass is 32.2. The number of carbonyl (C=O) groups excluding carboxylic acids is 10. The molecule has 0 amide bonds. The van der Waals surface area contributed by atoms with Crippen LogP contribution in [0.2, 0.25) is 0 Å². The summed E-state index contributed by atoms with van der Waals surface area (Å²) in [6.45, 7) is 11.1. The van der Waals surface area contributed by atoms with Gasteiger partial charge < -0.3 is 47.4 Å². The molecule has 0 N–H and O–H groups in total. The molecule has 22 nitrogen and oxygen atoms in total. The third kappa shape index (κ3) is 21.3. The van der Waals surface area contributed by atoms with Crippen LogP contribution < -0.4 is 18.9 Å². The topological polar surface area (TPSA) is 311 Å². The van der Waals surface area contributed by atoms with Crippen molar-refractivity contribution in [1.82, 2.24) is 0 Å². The third-order valence-electron chi connectivity index (χ3n) is 13.9. The van der Waals surface area contributed by atoms with Crippen molar-refractivity contribution in [1.29, 1.82) is 10.5 Å². The van der Waals surface area contributed by atoms with Crippen molar-refractivity contribution >= 4 is 83.2 Å². The van der Waals surface area contributed by atoms with Crippen molar-refractivity contribution in [2.45, 2.75) is 133 Å². The van der Waals surface area contributed by atoms with Gasteiger partial charge in [0.15, 0.2) is 0 Å². The van der Waals surface area contributed by atoms with E-state index in [0.717, 1.165) is 46.8 Å². The number of hydrogen-bond acceptors (Lipinski definition) is 24. The molecule has 0 saturated heterocycles. The molecule has 0 aromatic heterocycles. The molecule has 24 heteroatoms. The number of ether oxygens (including phenoxy) is 10. The lowest BCUT2D eigenvalue weighted by molar-refractivity contribution is -0.157. The maximum Gasteiger partial charge on any atom is 0.330 e. The van der Waals surface area contributed by atoms with Gasteiger partial charge in [0.2, 0.25) is 0 Å². The van der Waals surface area contributed by atoms with Gasteiger partial charge in [0.25, 0.3) is 0 Å². The number of hydrogen-bond donors (Lipinski definition) is 0. The van der Waals surface area contributed by atoms with E-state index in [-0.39, 0.29) is 69.2 Å². The number of thioether (sulfide) groups is 2. The Morgan fingerprint density at radius 1 is 0.529 bits per heavy atom. The van der Waals surface area contributed by atoms with Crippen molar-refractivity contribution in [3.8, 4) is 35.1 Å². The number of carbonyl (C=O) groups is 10. The Labute approximate surface area is 511 Å². The number of rotatable bonds is 28. The normalized spacial score (nSPS) is 17.3. The van der Waals surface area contributed by atoms with Crippen molar-refractivity contribution < 1.29 is 95.3 Å². The van der Waals surface area contributed by atoms with E-state index >= 15 is 0 Å². The zero-order valence-corrected chi connectivity index (χ0v) is 50.0. The molecule has 0 radical (unpaired) electrons. The van der Waals surface area contributed by atoms with Crippen LogP contribution in [-0.4, -0.2) is 98.3 Å². The maximum atomic E-state index is 13.8. The number of nitrogens with zero attached hydrogens (tertiary/aromatic N) is 2. The van der Waals surface area contributed by atoms with Crippen LogP contribution >= 0.6 is 23.5 Å². The van der Waals surface area contributed by atoms with Gasteiger partial charge in [0, 0.05) is 25.0 Å². The predicted octanol–water partition coefficient (Wildman–Crippen LogP) is 9.14. The Hall–Kier alpha value is -8.74. The predicted molar refractivity (Wildman–Crippen MR) is 309 cm³/mol. The summed E-state index contributed by atoms with van der Waals surface area (Å²) in [4.78, 5) is 126. The van der Waals surface area contributed by atoms with Gasteiger partial charge in [-0.25, -0.2) is 9.59 Å². The lowest BCUT2D eigenvalue weighted by atomic mass is 9.82. The number of aryl methyl sites for hydroxylation is 1. The Morgan fingerprint density at radius 2 is 0.897 bits per heavy atom. The highest BCUT2D eigenvalue weighted by Gasteiger charge is 2.38. The molecule has 460 valence electrons. The van der Waals surface area contributed by atoms with E-state index in [0.29, 0.717) is 95.3 Å². The van der Waals surface area contributed by atoms with Crippen molar-refractivity contribution in [3.63, 3.8) is 0 Å². The van der Waals surface area contributed by atoms with Gasteiger partial charge in [-0.2, -0.15) is 10.5 Å². The second-order valence-electron chi connectivity index (χ2n) is 20.5. The molecule has 2 fully saturated rings. The summed E-state index contributed by atoms with van der Waals surface area (Å²) in [5.74, 6) is -6.80. The van der Waals surface area contributed by atoms with Crippen LogP contribution in [-0.2, 0) is 89.2 Å². The summed E-state index contributed by atoms with van der Waals surface area (Å²) in [6, 6.07) is 18.8. The number of benzene rings is 3. The zero-order chi connectivity index (χ0) is 63.0. The van der Waals surface area contributed by atoms with E-state index in [2.05, 4.69) is 13.2 Å². The molecule has 2 saturated carbocycles. The van der Waals surface area contributed by atoms with Crippen LogP contribution in [0.25, 0.3) is 0 Å².